The Hall–Kier alpha value is -1.56. The highest BCUT2D eigenvalue weighted by Gasteiger charge is 2.28. The lowest BCUT2D eigenvalue weighted by Crippen LogP contribution is -2.41. The minimum absolute atomic E-state index is 0. The highest BCUT2D eigenvalue weighted by atomic mass is 127. The van der Waals surface area contributed by atoms with Crippen molar-refractivity contribution >= 4 is 51.4 Å². The summed E-state index contributed by atoms with van der Waals surface area (Å²) in [5.74, 6) is 0.764. The van der Waals surface area contributed by atoms with Gasteiger partial charge in [-0.3, -0.25) is 9.79 Å². The lowest BCUT2D eigenvalue weighted by molar-refractivity contribution is -0.121. The van der Waals surface area contributed by atoms with Crippen molar-refractivity contribution in [1.82, 2.24) is 16.0 Å². The standard InChI is InChI=1S/C21H35N5O3S.HI/c1-3-22-21(23-13-8-15-26(4-2)19-9-6-5-7-10-19)24-14-11-20(27)25-18-12-16-30(28,29)17-18;/h5-7,9-10,18H,3-4,8,11-17H2,1-2H3,(H,25,27)(H2,22,23,24);1H. The highest BCUT2D eigenvalue weighted by molar-refractivity contribution is 14.0. The van der Waals surface area contributed by atoms with Crippen molar-refractivity contribution in [3.05, 3.63) is 30.3 Å². The van der Waals surface area contributed by atoms with Crippen LogP contribution in [-0.2, 0) is 14.6 Å². The van der Waals surface area contributed by atoms with Crippen LogP contribution in [0.5, 0.6) is 0 Å². The van der Waals surface area contributed by atoms with Gasteiger partial charge in [-0.2, -0.15) is 0 Å². The van der Waals surface area contributed by atoms with Crippen molar-refractivity contribution in [2.45, 2.75) is 39.2 Å². The first-order valence-electron chi connectivity index (χ1n) is 10.8. The molecule has 176 valence electrons. The fourth-order valence-corrected chi connectivity index (χ4v) is 5.08. The molecule has 1 aromatic carbocycles. The summed E-state index contributed by atoms with van der Waals surface area (Å²) < 4.78 is 22.9. The van der Waals surface area contributed by atoms with E-state index < -0.39 is 9.84 Å². The van der Waals surface area contributed by atoms with Crippen molar-refractivity contribution in [3.8, 4) is 0 Å². The van der Waals surface area contributed by atoms with E-state index in [2.05, 4.69) is 44.9 Å². The van der Waals surface area contributed by atoms with Crippen LogP contribution in [0.1, 0.15) is 33.1 Å². The fraction of sp³-hybridized carbons (Fsp3) is 0.619. The minimum Gasteiger partial charge on any atom is -0.372 e. The van der Waals surface area contributed by atoms with Gasteiger partial charge in [0.15, 0.2) is 15.8 Å². The Kier molecular flexibility index (Phi) is 12.8. The van der Waals surface area contributed by atoms with E-state index in [1.165, 1.54) is 5.69 Å². The highest BCUT2D eigenvalue weighted by Crippen LogP contribution is 2.13. The second kappa shape index (κ2) is 14.5. The summed E-state index contributed by atoms with van der Waals surface area (Å²) in [6, 6.07) is 10.1. The number of benzene rings is 1. The second-order valence-corrected chi connectivity index (χ2v) is 9.60. The molecule has 1 atom stereocenters. The van der Waals surface area contributed by atoms with Crippen molar-refractivity contribution in [3.63, 3.8) is 0 Å². The third-order valence-electron chi connectivity index (χ3n) is 4.95. The summed E-state index contributed by atoms with van der Waals surface area (Å²) >= 11 is 0. The number of carbonyl (C=O) groups excluding carboxylic acids is 1. The van der Waals surface area contributed by atoms with Gasteiger partial charge < -0.3 is 20.9 Å². The van der Waals surface area contributed by atoms with E-state index in [4.69, 9.17) is 0 Å². The van der Waals surface area contributed by atoms with Crippen LogP contribution in [0.2, 0.25) is 0 Å². The van der Waals surface area contributed by atoms with Gasteiger partial charge in [-0.25, -0.2) is 8.42 Å². The van der Waals surface area contributed by atoms with Gasteiger partial charge in [0.2, 0.25) is 5.91 Å². The smallest absolute Gasteiger partial charge is 0.222 e. The number of amides is 1. The van der Waals surface area contributed by atoms with Crippen LogP contribution >= 0.6 is 24.0 Å². The third-order valence-corrected chi connectivity index (χ3v) is 6.71. The number of hydrogen-bond donors (Lipinski definition) is 3. The molecule has 1 heterocycles. The summed E-state index contributed by atoms with van der Waals surface area (Å²) in [5.41, 5.74) is 1.22. The molecule has 3 N–H and O–H groups in total. The lowest BCUT2D eigenvalue weighted by atomic mass is 10.2. The number of para-hydroxylation sites is 1. The number of halogens is 1. The lowest BCUT2D eigenvalue weighted by Gasteiger charge is -2.22. The fourth-order valence-electron chi connectivity index (χ4n) is 3.41. The van der Waals surface area contributed by atoms with Crippen LogP contribution in [0.15, 0.2) is 35.3 Å². The molecule has 31 heavy (non-hydrogen) atoms. The molecule has 1 aromatic rings. The maximum absolute atomic E-state index is 12.0. The van der Waals surface area contributed by atoms with Gasteiger partial charge in [0.05, 0.1) is 11.5 Å². The Balaban J connectivity index is 0.00000480. The zero-order chi connectivity index (χ0) is 21.8. The number of nitrogens with zero attached hydrogens (tertiary/aromatic N) is 2. The normalized spacial score (nSPS) is 17.5. The first-order chi connectivity index (χ1) is 14.4. The third kappa shape index (κ3) is 10.5. The largest absolute Gasteiger partial charge is 0.372 e. The maximum atomic E-state index is 12.0. The monoisotopic (exact) mass is 565 g/mol. The zero-order valence-electron chi connectivity index (χ0n) is 18.5. The molecule has 1 unspecified atom stereocenters. The van der Waals surface area contributed by atoms with Crippen LogP contribution in [0.4, 0.5) is 5.69 Å². The number of nitrogens with one attached hydrogen (secondary N) is 3. The topological polar surface area (TPSA) is 103 Å². The molecule has 1 fully saturated rings. The summed E-state index contributed by atoms with van der Waals surface area (Å²) in [6.07, 6.45) is 1.71. The second-order valence-electron chi connectivity index (χ2n) is 7.37. The van der Waals surface area contributed by atoms with E-state index >= 15 is 0 Å². The summed E-state index contributed by atoms with van der Waals surface area (Å²) in [4.78, 5) is 19.0. The van der Waals surface area contributed by atoms with Crippen molar-refractivity contribution in [2.24, 2.45) is 4.99 Å². The molecule has 0 saturated carbocycles. The van der Waals surface area contributed by atoms with E-state index in [0.717, 1.165) is 26.1 Å². The van der Waals surface area contributed by atoms with Gasteiger partial charge >= 0.3 is 0 Å². The van der Waals surface area contributed by atoms with Crippen LogP contribution in [0.25, 0.3) is 0 Å². The number of anilines is 1. The number of sulfone groups is 1. The van der Waals surface area contributed by atoms with E-state index in [9.17, 15) is 13.2 Å². The quantitative estimate of drug-likeness (QED) is 0.164. The SMILES string of the molecule is CCNC(=NCCCN(CC)c1ccccc1)NCCC(=O)NC1CCS(=O)(=O)C1.I. The minimum atomic E-state index is -2.98. The van der Waals surface area contributed by atoms with Crippen molar-refractivity contribution in [2.75, 3.05) is 49.1 Å². The van der Waals surface area contributed by atoms with Gasteiger partial charge in [0.1, 0.15) is 0 Å². The number of aliphatic imine (C=N–C) groups is 1. The molecule has 1 aliphatic rings. The Morgan fingerprint density at radius 3 is 2.55 bits per heavy atom. The molecule has 0 radical (unpaired) electrons. The molecule has 10 heteroatoms. The van der Waals surface area contributed by atoms with Gasteiger partial charge in [0.25, 0.3) is 0 Å². The van der Waals surface area contributed by atoms with Crippen LogP contribution in [-0.4, -0.2) is 70.6 Å². The zero-order valence-corrected chi connectivity index (χ0v) is 21.6. The average molecular weight is 566 g/mol. The molecule has 8 nitrogen and oxygen atoms in total. The van der Waals surface area contributed by atoms with E-state index in [1.807, 2.05) is 25.1 Å². The van der Waals surface area contributed by atoms with Crippen LogP contribution in [0.3, 0.4) is 0 Å². The molecule has 1 saturated heterocycles. The predicted molar refractivity (Wildman–Crippen MR) is 138 cm³/mol. The summed E-state index contributed by atoms with van der Waals surface area (Å²) in [6.45, 7) is 7.89. The molecule has 0 aromatic heterocycles. The van der Waals surface area contributed by atoms with E-state index in [0.29, 0.717) is 25.5 Å². The molecule has 1 amide bonds. The van der Waals surface area contributed by atoms with Crippen LogP contribution in [0, 0.1) is 0 Å². The number of carbonyl (C=O) groups is 1. The predicted octanol–water partition coefficient (Wildman–Crippen LogP) is 1.77. The van der Waals surface area contributed by atoms with Gasteiger partial charge in [-0.15, -0.1) is 24.0 Å². The van der Waals surface area contributed by atoms with E-state index in [-0.39, 0.29) is 53.9 Å². The molecule has 0 spiro atoms. The van der Waals surface area contributed by atoms with Gasteiger partial charge in [0, 0.05) is 50.9 Å². The van der Waals surface area contributed by atoms with Gasteiger partial charge in [-0.1, -0.05) is 18.2 Å². The Bertz CT molecular complexity index is 789. The number of guanidine groups is 1. The Morgan fingerprint density at radius 2 is 1.94 bits per heavy atom. The van der Waals surface area contributed by atoms with Crippen molar-refractivity contribution in [1.29, 1.82) is 0 Å². The summed E-state index contributed by atoms with van der Waals surface area (Å²) in [5, 5.41) is 9.16. The van der Waals surface area contributed by atoms with Gasteiger partial charge in [-0.05, 0) is 38.8 Å². The van der Waals surface area contributed by atoms with Crippen LogP contribution < -0.4 is 20.9 Å². The first-order valence-corrected chi connectivity index (χ1v) is 12.6. The molecule has 1 aliphatic heterocycles. The molecular weight excluding hydrogens is 529 g/mol. The Labute approximate surface area is 203 Å². The number of hydrogen-bond acceptors (Lipinski definition) is 5. The first kappa shape index (κ1) is 27.5. The molecule has 0 aliphatic carbocycles. The molecular formula is C21H36IN5O3S. The maximum Gasteiger partial charge on any atom is 0.222 e. The Morgan fingerprint density at radius 1 is 1.19 bits per heavy atom. The summed E-state index contributed by atoms with van der Waals surface area (Å²) in [7, 11) is -2.98. The van der Waals surface area contributed by atoms with E-state index in [1.54, 1.807) is 0 Å². The average Bonchev–Trinajstić information content (AvgIpc) is 3.06. The van der Waals surface area contributed by atoms with Crippen molar-refractivity contribution < 1.29 is 13.2 Å². The molecule has 2 rings (SSSR count). The number of rotatable bonds is 11. The molecule has 0 bridgehead atoms.